The second-order valence-corrected chi connectivity index (χ2v) is 15.7. The first-order chi connectivity index (χ1) is 31.6. The molecule has 0 aliphatic heterocycles. The van der Waals surface area contributed by atoms with Gasteiger partial charge in [-0.05, 0) is 70.5 Å². The van der Waals surface area contributed by atoms with Crippen molar-refractivity contribution in [2.45, 2.75) is 12.2 Å². The van der Waals surface area contributed by atoms with Crippen LogP contribution in [0.4, 0.5) is 17.6 Å². The molecule has 2 heterocycles. The Kier molecular flexibility index (Phi) is 17.5. The first-order valence-corrected chi connectivity index (χ1v) is 21.1. The lowest BCUT2D eigenvalue weighted by atomic mass is 9.81. The molecular formula is C44H36BCl2F4IN4O10. The maximum atomic E-state index is 14.0. The molecule has 0 aliphatic carbocycles. The number of aliphatic hydroxyl groups excluding tert-OH is 4. The van der Waals surface area contributed by atoms with E-state index in [-0.39, 0.29) is 42.0 Å². The fraction of sp³-hybridized carbons (Fsp3) is 0.136. The fourth-order valence-corrected chi connectivity index (χ4v) is 6.94. The molecule has 8 rings (SSSR count). The zero-order valence-electron chi connectivity index (χ0n) is 33.8. The molecule has 14 nitrogen and oxygen atoms in total. The van der Waals surface area contributed by atoms with Crippen molar-refractivity contribution in [2.24, 2.45) is 0 Å². The van der Waals surface area contributed by atoms with Crippen LogP contribution in [0.1, 0.15) is 0 Å². The first-order valence-electron chi connectivity index (χ1n) is 19.3. The van der Waals surface area contributed by atoms with E-state index >= 15 is 0 Å². The van der Waals surface area contributed by atoms with Crippen molar-refractivity contribution >= 4 is 80.2 Å². The van der Waals surface area contributed by atoms with E-state index in [9.17, 15) is 27.8 Å². The molecule has 66 heavy (non-hydrogen) atoms. The molecule has 0 saturated carbocycles. The van der Waals surface area contributed by atoms with Crippen molar-refractivity contribution in [1.29, 1.82) is 0 Å². The number of ether oxygens (including phenoxy) is 4. The lowest BCUT2D eigenvalue weighted by Gasteiger charge is -2.14. The van der Waals surface area contributed by atoms with Crippen molar-refractivity contribution in [1.82, 2.24) is 20.4 Å². The Labute approximate surface area is 396 Å². The molecule has 8 aromatic rings. The Hall–Kier alpha value is -5.69. The first kappa shape index (κ1) is 49.7. The van der Waals surface area contributed by atoms with Crippen LogP contribution in [0.2, 0.25) is 10.0 Å². The number of hydrogen-bond acceptors (Lipinski definition) is 12. The molecule has 6 aromatic carbocycles. The molecule has 344 valence electrons. The molecular weight excluding hydrogens is 1030 g/mol. The molecule has 0 bridgehead atoms. The van der Waals surface area contributed by atoms with Crippen LogP contribution >= 0.6 is 45.8 Å². The Morgan fingerprint density at radius 1 is 0.636 bits per heavy atom. The van der Waals surface area contributed by atoms with Crippen LogP contribution in [0.3, 0.4) is 0 Å². The molecule has 22 heteroatoms. The number of aliphatic hydroxyl groups is 4. The van der Waals surface area contributed by atoms with Crippen LogP contribution in [-0.2, 0) is 0 Å². The van der Waals surface area contributed by atoms with E-state index in [1.165, 1.54) is 30.3 Å². The molecule has 0 unspecified atom stereocenters. The molecule has 0 aliphatic rings. The van der Waals surface area contributed by atoms with Gasteiger partial charge in [0.25, 0.3) is 0 Å². The van der Waals surface area contributed by atoms with Gasteiger partial charge in [0.15, 0.2) is 23.1 Å². The van der Waals surface area contributed by atoms with Gasteiger partial charge in [0, 0.05) is 47.0 Å². The van der Waals surface area contributed by atoms with Gasteiger partial charge in [-0.15, -0.1) is 0 Å². The lowest BCUT2D eigenvalue weighted by molar-refractivity contribution is 0.0540. The molecule has 0 saturated heterocycles. The SMILES string of the molecule is OB(O)c1cccc(Cl)c1.OC[C@H](O)COc1cc(Oc2ccc(F)cc2F)cc2[nH]nc(-c3ccccc3Cl)c12.OC[C@H](O)COc1cc(Oc2ccc(F)cc2F)cc2n[nH]c(I)c12. The Balaban J connectivity index is 0.000000183. The summed E-state index contributed by atoms with van der Waals surface area (Å²) in [6.45, 7) is -1.26. The minimum Gasteiger partial charge on any atom is -0.490 e. The van der Waals surface area contributed by atoms with Crippen molar-refractivity contribution < 1.29 is 67.0 Å². The van der Waals surface area contributed by atoms with Gasteiger partial charge in [0.05, 0.1) is 34.5 Å². The third-order valence-electron chi connectivity index (χ3n) is 8.95. The van der Waals surface area contributed by atoms with E-state index in [0.29, 0.717) is 64.1 Å². The highest BCUT2D eigenvalue weighted by molar-refractivity contribution is 14.1. The van der Waals surface area contributed by atoms with Gasteiger partial charge in [-0.1, -0.05) is 53.5 Å². The van der Waals surface area contributed by atoms with Crippen LogP contribution in [-0.4, -0.2) is 96.6 Å². The van der Waals surface area contributed by atoms with Crippen molar-refractivity contribution in [3.8, 4) is 45.8 Å². The third kappa shape index (κ3) is 13.0. The maximum absolute atomic E-state index is 14.0. The van der Waals surface area contributed by atoms with Crippen molar-refractivity contribution in [2.75, 3.05) is 26.4 Å². The predicted octanol–water partition coefficient (Wildman–Crippen LogP) is 7.68. The van der Waals surface area contributed by atoms with E-state index in [2.05, 4.69) is 20.4 Å². The summed E-state index contributed by atoms with van der Waals surface area (Å²) in [5, 5.41) is 70.8. The molecule has 2 aromatic heterocycles. The van der Waals surface area contributed by atoms with Crippen LogP contribution in [0, 0.1) is 27.0 Å². The molecule has 0 fully saturated rings. The number of aromatic nitrogens is 4. The van der Waals surface area contributed by atoms with Gasteiger partial charge < -0.3 is 49.4 Å². The summed E-state index contributed by atoms with van der Waals surface area (Å²) in [7, 11) is -1.43. The van der Waals surface area contributed by atoms with E-state index in [0.717, 1.165) is 18.2 Å². The minimum atomic E-state index is -1.43. The number of H-pyrrole nitrogens is 2. The number of benzene rings is 6. The average molecular weight is 1070 g/mol. The molecule has 0 amide bonds. The minimum absolute atomic E-state index is 0.138. The number of fused-ring (bicyclic) bond motifs is 2. The Morgan fingerprint density at radius 2 is 1.21 bits per heavy atom. The van der Waals surface area contributed by atoms with Gasteiger partial charge in [-0.3, -0.25) is 10.2 Å². The highest BCUT2D eigenvalue weighted by Crippen LogP contribution is 2.41. The van der Waals surface area contributed by atoms with Crippen molar-refractivity contribution in [3.05, 3.63) is 146 Å². The van der Waals surface area contributed by atoms with Gasteiger partial charge >= 0.3 is 7.12 Å². The summed E-state index contributed by atoms with van der Waals surface area (Å²) in [4.78, 5) is 0. The number of nitrogens with zero attached hydrogens (tertiary/aromatic N) is 2. The Morgan fingerprint density at radius 3 is 1.74 bits per heavy atom. The topological polar surface area (TPSA) is 216 Å². The molecule has 2 atom stereocenters. The van der Waals surface area contributed by atoms with Crippen LogP contribution in [0.5, 0.6) is 34.5 Å². The summed E-state index contributed by atoms with van der Waals surface area (Å²) in [6, 6.07) is 25.7. The summed E-state index contributed by atoms with van der Waals surface area (Å²) >= 11 is 13.9. The zero-order valence-corrected chi connectivity index (χ0v) is 37.5. The predicted molar refractivity (Wildman–Crippen MR) is 247 cm³/mol. The molecule has 0 radical (unpaired) electrons. The van der Waals surface area contributed by atoms with Gasteiger partial charge in [-0.25, -0.2) is 17.6 Å². The largest absolute Gasteiger partial charge is 0.490 e. The van der Waals surface area contributed by atoms with E-state index in [1.54, 1.807) is 48.5 Å². The van der Waals surface area contributed by atoms with Gasteiger partial charge in [-0.2, -0.15) is 10.2 Å². The quantitative estimate of drug-likeness (QED) is 0.0299. The highest BCUT2D eigenvalue weighted by atomic mass is 127. The monoisotopic (exact) mass is 1060 g/mol. The molecule has 0 spiro atoms. The van der Waals surface area contributed by atoms with Gasteiger partial charge in [0.1, 0.15) is 75.0 Å². The second kappa shape index (κ2) is 23.2. The standard InChI is InChI=1S/C22H17ClF2N2O4.C16H13F2IN2O4.C6H6BClO2/c23-16-4-2-1-3-15(16)22-21-18(26-27-22)8-14(9-20(21)30-11-13(29)10-28)31-19-6-5-12(24)7-17(19)25;17-8-1-2-13(11(18)3-8)25-10-4-12-15(16(19)21-20-12)14(5-10)24-7-9(23)6-22;8-6-3-1-2-5(4-6)7(9)10/h1-9,13,28-29H,10-11H2,(H,26,27);1-5,9,22-23H,6-7H2,(H,20,21);1-4,9-10H/t13-;9-;/m00./s1. The normalized spacial score (nSPS) is 11.8. The van der Waals surface area contributed by atoms with Crippen LogP contribution in [0.15, 0.2) is 109 Å². The highest BCUT2D eigenvalue weighted by Gasteiger charge is 2.20. The van der Waals surface area contributed by atoms with Gasteiger partial charge in [0.2, 0.25) is 0 Å². The van der Waals surface area contributed by atoms with E-state index < -0.39 is 55.8 Å². The summed E-state index contributed by atoms with van der Waals surface area (Å²) in [5.41, 5.74) is 2.59. The number of hydrogen-bond donors (Lipinski definition) is 8. The summed E-state index contributed by atoms with van der Waals surface area (Å²) < 4.78 is 77.0. The zero-order chi connectivity index (χ0) is 47.5. The Bertz CT molecular complexity index is 2920. The maximum Gasteiger partial charge on any atom is 0.488 e. The van der Waals surface area contributed by atoms with E-state index in [1.807, 2.05) is 28.7 Å². The lowest BCUT2D eigenvalue weighted by Crippen LogP contribution is -2.29. The number of halogens is 7. The van der Waals surface area contributed by atoms with Crippen LogP contribution < -0.4 is 24.4 Å². The summed E-state index contributed by atoms with van der Waals surface area (Å²) in [6.07, 6.45) is -2.15. The summed E-state index contributed by atoms with van der Waals surface area (Å²) in [5.74, 6) is -2.40. The van der Waals surface area contributed by atoms with Crippen LogP contribution in [0.25, 0.3) is 33.1 Å². The van der Waals surface area contributed by atoms with E-state index in [4.69, 9.17) is 62.4 Å². The number of nitrogens with one attached hydrogen (secondary N) is 2. The second-order valence-electron chi connectivity index (χ2n) is 13.8. The van der Waals surface area contributed by atoms with Crippen molar-refractivity contribution in [3.63, 3.8) is 0 Å². The number of rotatable bonds is 14. The third-order valence-corrected chi connectivity index (χ3v) is 10.3. The number of aromatic amines is 2. The fourth-order valence-electron chi connectivity index (χ4n) is 5.85. The smallest absolute Gasteiger partial charge is 0.488 e. The molecule has 8 N–H and O–H groups in total. The average Bonchev–Trinajstić information content (AvgIpc) is 3.90.